The van der Waals surface area contributed by atoms with E-state index in [1.54, 1.807) is 0 Å². The SMILES string of the molecule is Cc1ccc(-c2nc(C(C)N3CCNCC3)no2)c(Cl)c1. The lowest BCUT2D eigenvalue weighted by Crippen LogP contribution is -2.44. The molecular formula is C15H19ClN4O. The Kier molecular flexibility index (Phi) is 4.24. The molecule has 0 saturated carbocycles. The standard InChI is InChI=1S/C15H19ClN4O/c1-10-3-4-12(13(16)9-10)15-18-14(19-21-15)11(2)20-7-5-17-6-8-20/h3-4,9,11,17H,5-8H2,1-2H3. The van der Waals surface area contributed by atoms with Crippen molar-refractivity contribution in [3.05, 3.63) is 34.6 Å². The molecule has 1 aromatic heterocycles. The van der Waals surface area contributed by atoms with Gasteiger partial charge in [-0.25, -0.2) is 0 Å². The summed E-state index contributed by atoms with van der Waals surface area (Å²) >= 11 is 6.26. The van der Waals surface area contributed by atoms with Gasteiger partial charge >= 0.3 is 0 Å². The number of benzene rings is 1. The molecule has 0 radical (unpaired) electrons. The van der Waals surface area contributed by atoms with Crippen LogP contribution in [0.3, 0.4) is 0 Å². The molecule has 0 aliphatic carbocycles. The minimum absolute atomic E-state index is 0.147. The molecule has 1 aliphatic heterocycles. The molecule has 1 aliphatic rings. The molecule has 0 amide bonds. The van der Waals surface area contributed by atoms with Crippen molar-refractivity contribution in [2.24, 2.45) is 0 Å². The summed E-state index contributed by atoms with van der Waals surface area (Å²) in [5.74, 6) is 1.19. The summed E-state index contributed by atoms with van der Waals surface area (Å²) in [6.45, 7) is 8.10. The van der Waals surface area contributed by atoms with Crippen molar-refractivity contribution in [3.8, 4) is 11.5 Å². The lowest BCUT2D eigenvalue weighted by atomic mass is 10.1. The zero-order valence-electron chi connectivity index (χ0n) is 12.3. The van der Waals surface area contributed by atoms with Gasteiger partial charge in [-0.05, 0) is 31.5 Å². The van der Waals surface area contributed by atoms with E-state index in [0.717, 1.165) is 37.3 Å². The van der Waals surface area contributed by atoms with Gasteiger partial charge in [0.2, 0.25) is 0 Å². The van der Waals surface area contributed by atoms with Crippen LogP contribution >= 0.6 is 11.6 Å². The number of nitrogens with one attached hydrogen (secondary N) is 1. The Morgan fingerprint density at radius 2 is 2.10 bits per heavy atom. The molecular weight excluding hydrogens is 288 g/mol. The summed E-state index contributed by atoms with van der Waals surface area (Å²) in [6, 6.07) is 5.96. The van der Waals surface area contributed by atoms with E-state index < -0.39 is 0 Å². The summed E-state index contributed by atoms with van der Waals surface area (Å²) in [4.78, 5) is 6.87. The number of aromatic nitrogens is 2. The van der Waals surface area contributed by atoms with Gasteiger partial charge in [0, 0.05) is 26.2 Å². The fraction of sp³-hybridized carbons (Fsp3) is 0.467. The van der Waals surface area contributed by atoms with Crippen LogP contribution in [0, 0.1) is 6.92 Å². The molecule has 0 spiro atoms. The highest BCUT2D eigenvalue weighted by Gasteiger charge is 2.23. The van der Waals surface area contributed by atoms with E-state index in [1.165, 1.54) is 0 Å². The average Bonchev–Trinajstić information content (AvgIpc) is 2.97. The normalized spacial score (nSPS) is 17.9. The van der Waals surface area contributed by atoms with Crippen LogP contribution in [-0.4, -0.2) is 41.2 Å². The van der Waals surface area contributed by atoms with Gasteiger partial charge in [-0.3, -0.25) is 4.90 Å². The third kappa shape index (κ3) is 3.10. The quantitative estimate of drug-likeness (QED) is 0.945. The second-order valence-corrected chi connectivity index (χ2v) is 5.81. The second-order valence-electron chi connectivity index (χ2n) is 5.40. The zero-order valence-corrected chi connectivity index (χ0v) is 13.0. The van der Waals surface area contributed by atoms with Crippen LogP contribution in [0.5, 0.6) is 0 Å². The summed E-state index contributed by atoms with van der Waals surface area (Å²) in [7, 11) is 0. The monoisotopic (exact) mass is 306 g/mol. The Labute approximate surface area is 129 Å². The van der Waals surface area contributed by atoms with Crippen molar-refractivity contribution in [1.29, 1.82) is 0 Å². The van der Waals surface area contributed by atoms with Crippen molar-refractivity contribution in [2.45, 2.75) is 19.9 Å². The number of halogens is 1. The molecule has 1 aromatic carbocycles. The first-order valence-corrected chi connectivity index (χ1v) is 7.58. The van der Waals surface area contributed by atoms with Crippen LogP contribution in [0.2, 0.25) is 5.02 Å². The minimum Gasteiger partial charge on any atom is -0.334 e. The number of rotatable bonds is 3. The van der Waals surface area contributed by atoms with Crippen LogP contribution in [0.15, 0.2) is 22.7 Å². The van der Waals surface area contributed by atoms with Crippen molar-refractivity contribution in [2.75, 3.05) is 26.2 Å². The molecule has 1 atom stereocenters. The lowest BCUT2D eigenvalue weighted by Gasteiger charge is -2.30. The van der Waals surface area contributed by atoms with Gasteiger partial charge in [-0.2, -0.15) is 4.98 Å². The lowest BCUT2D eigenvalue weighted by molar-refractivity contribution is 0.176. The molecule has 0 bridgehead atoms. The molecule has 21 heavy (non-hydrogen) atoms. The summed E-state index contributed by atoms with van der Waals surface area (Å²) in [6.07, 6.45) is 0. The molecule has 6 heteroatoms. The molecule has 1 unspecified atom stereocenters. The topological polar surface area (TPSA) is 54.2 Å². The largest absolute Gasteiger partial charge is 0.334 e. The van der Waals surface area contributed by atoms with Crippen molar-refractivity contribution < 1.29 is 4.52 Å². The molecule has 2 heterocycles. The van der Waals surface area contributed by atoms with Crippen molar-refractivity contribution >= 4 is 11.6 Å². The van der Waals surface area contributed by atoms with E-state index >= 15 is 0 Å². The number of nitrogens with zero attached hydrogens (tertiary/aromatic N) is 3. The van der Waals surface area contributed by atoms with Gasteiger partial charge in [0.1, 0.15) is 0 Å². The predicted molar refractivity (Wildman–Crippen MR) is 82.3 cm³/mol. The third-order valence-electron chi connectivity index (χ3n) is 3.87. The highest BCUT2D eigenvalue weighted by atomic mass is 35.5. The van der Waals surface area contributed by atoms with Gasteiger partial charge in [0.05, 0.1) is 16.6 Å². The van der Waals surface area contributed by atoms with Gasteiger partial charge < -0.3 is 9.84 Å². The Hall–Kier alpha value is -1.43. The average molecular weight is 307 g/mol. The predicted octanol–water partition coefficient (Wildman–Crippen LogP) is 2.66. The van der Waals surface area contributed by atoms with E-state index in [9.17, 15) is 0 Å². The molecule has 1 N–H and O–H groups in total. The van der Waals surface area contributed by atoms with Gasteiger partial charge in [-0.1, -0.05) is 22.8 Å². The first-order chi connectivity index (χ1) is 10.1. The fourth-order valence-corrected chi connectivity index (χ4v) is 2.86. The highest BCUT2D eigenvalue weighted by molar-refractivity contribution is 6.33. The van der Waals surface area contributed by atoms with Crippen LogP contribution in [0.1, 0.15) is 24.4 Å². The maximum Gasteiger partial charge on any atom is 0.259 e. The number of hydrogen-bond acceptors (Lipinski definition) is 5. The molecule has 2 aromatic rings. The molecule has 1 saturated heterocycles. The fourth-order valence-electron chi connectivity index (χ4n) is 2.54. The molecule has 3 rings (SSSR count). The van der Waals surface area contributed by atoms with Crippen LogP contribution in [-0.2, 0) is 0 Å². The van der Waals surface area contributed by atoms with Crippen molar-refractivity contribution in [1.82, 2.24) is 20.4 Å². The molecule has 1 fully saturated rings. The zero-order chi connectivity index (χ0) is 14.8. The summed E-state index contributed by atoms with van der Waals surface area (Å²) in [5, 5.41) is 8.10. The van der Waals surface area contributed by atoms with Crippen LogP contribution in [0.25, 0.3) is 11.5 Å². The van der Waals surface area contributed by atoms with E-state index in [4.69, 9.17) is 16.1 Å². The Morgan fingerprint density at radius 3 is 2.81 bits per heavy atom. The van der Waals surface area contributed by atoms with E-state index in [2.05, 4.69) is 27.3 Å². The van der Waals surface area contributed by atoms with E-state index in [1.807, 2.05) is 25.1 Å². The molecule has 5 nitrogen and oxygen atoms in total. The number of hydrogen-bond donors (Lipinski definition) is 1. The first kappa shape index (κ1) is 14.5. The van der Waals surface area contributed by atoms with Gasteiger partial charge in [0.15, 0.2) is 5.82 Å². The first-order valence-electron chi connectivity index (χ1n) is 7.20. The summed E-state index contributed by atoms with van der Waals surface area (Å²) in [5.41, 5.74) is 1.89. The van der Waals surface area contributed by atoms with Crippen LogP contribution < -0.4 is 5.32 Å². The Morgan fingerprint density at radius 1 is 1.33 bits per heavy atom. The number of piperazine rings is 1. The van der Waals surface area contributed by atoms with E-state index in [0.29, 0.717) is 16.7 Å². The third-order valence-corrected chi connectivity index (χ3v) is 4.18. The molecule has 112 valence electrons. The second kappa shape index (κ2) is 6.13. The van der Waals surface area contributed by atoms with Crippen LogP contribution in [0.4, 0.5) is 0 Å². The Bertz CT molecular complexity index is 622. The minimum atomic E-state index is 0.147. The summed E-state index contributed by atoms with van der Waals surface area (Å²) < 4.78 is 5.40. The maximum atomic E-state index is 6.26. The Balaban J connectivity index is 1.82. The smallest absolute Gasteiger partial charge is 0.259 e. The van der Waals surface area contributed by atoms with Gasteiger partial charge in [-0.15, -0.1) is 0 Å². The highest BCUT2D eigenvalue weighted by Crippen LogP contribution is 2.29. The maximum absolute atomic E-state index is 6.26. The number of aryl methyl sites for hydroxylation is 1. The van der Waals surface area contributed by atoms with Crippen molar-refractivity contribution in [3.63, 3.8) is 0 Å². The van der Waals surface area contributed by atoms with Gasteiger partial charge in [0.25, 0.3) is 5.89 Å². The van der Waals surface area contributed by atoms with E-state index in [-0.39, 0.29) is 6.04 Å².